The molecule has 0 unspecified atom stereocenters. The van der Waals surface area contributed by atoms with Crippen molar-refractivity contribution in [2.45, 2.75) is 39.3 Å². The number of hydrogen-bond acceptors (Lipinski definition) is 9. The summed E-state index contributed by atoms with van der Waals surface area (Å²) in [5, 5.41) is 3.07. The Morgan fingerprint density at radius 2 is 1.85 bits per heavy atom. The quantitative estimate of drug-likeness (QED) is 0.300. The molecule has 1 aliphatic heterocycles. The average Bonchev–Trinajstić information content (AvgIpc) is 2.92. The SMILES string of the molecule is COc1cc(N2CCN(C(C)C)CC2)ccc1Nc1ncc(C(C)(F)F)c(Oc2cccc(CN(C)C)c2C=O)n1. The van der Waals surface area contributed by atoms with Crippen LogP contribution in [-0.2, 0) is 12.5 Å². The van der Waals surface area contributed by atoms with Crippen molar-refractivity contribution in [2.24, 2.45) is 0 Å². The molecule has 11 heteroatoms. The number of nitrogens with one attached hydrogen (secondary N) is 1. The standard InChI is InChI=1S/C30H38F2N6O3/c1-20(2)37-12-14-38(15-13-37)22-10-11-25(27(16-22)40-6)34-29-33-17-24(30(3,31)32)28(35-29)41-26-9-7-8-21(18-36(4)5)23(26)19-39/h7-11,16-17,19-20H,12-15,18H2,1-6H3,(H,33,34,35). The number of hydrogen-bond donors (Lipinski definition) is 1. The molecule has 1 fully saturated rings. The summed E-state index contributed by atoms with van der Waals surface area (Å²) in [6.45, 7) is 9.40. The highest BCUT2D eigenvalue weighted by molar-refractivity contribution is 5.82. The topological polar surface area (TPSA) is 83.1 Å². The number of methoxy groups -OCH3 is 1. The van der Waals surface area contributed by atoms with E-state index in [0.29, 0.717) is 35.9 Å². The van der Waals surface area contributed by atoms with Crippen LogP contribution in [0.2, 0.25) is 0 Å². The molecule has 0 atom stereocenters. The molecule has 1 aromatic heterocycles. The van der Waals surface area contributed by atoms with E-state index >= 15 is 0 Å². The van der Waals surface area contributed by atoms with Gasteiger partial charge in [0.1, 0.15) is 17.1 Å². The van der Waals surface area contributed by atoms with E-state index in [2.05, 4.69) is 38.9 Å². The summed E-state index contributed by atoms with van der Waals surface area (Å²) in [6.07, 6.45) is 1.69. The van der Waals surface area contributed by atoms with Gasteiger partial charge < -0.3 is 24.6 Å². The molecular formula is C30H38F2N6O3. The third kappa shape index (κ3) is 7.28. The number of ether oxygens (including phenoxy) is 2. The highest BCUT2D eigenvalue weighted by Gasteiger charge is 2.31. The van der Waals surface area contributed by atoms with Crippen molar-refractivity contribution in [3.8, 4) is 17.4 Å². The van der Waals surface area contributed by atoms with Crippen molar-refractivity contribution in [1.82, 2.24) is 19.8 Å². The number of halogens is 2. The number of carbonyl (C=O) groups excluding carboxylic acids is 1. The number of aromatic nitrogens is 2. The Hall–Kier alpha value is -3.83. The van der Waals surface area contributed by atoms with E-state index in [1.807, 2.05) is 37.2 Å². The summed E-state index contributed by atoms with van der Waals surface area (Å²) in [7, 11) is 5.31. The molecular weight excluding hydrogens is 530 g/mol. The number of alkyl halides is 2. The molecule has 0 saturated carbocycles. The molecule has 0 aliphatic carbocycles. The van der Waals surface area contributed by atoms with Gasteiger partial charge in [0.05, 0.1) is 18.4 Å². The second-order valence-electron chi connectivity index (χ2n) is 10.7. The number of aldehydes is 1. The maximum atomic E-state index is 14.5. The van der Waals surface area contributed by atoms with Crippen molar-refractivity contribution in [1.29, 1.82) is 0 Å². The Bertz CT molecular complexity index is 1350. The molecule has 0 spiro atoms. The largest absolute Gasteiger partial charge is 0.494 e. The van der Waals surface area contributed by atoms with Crippen molar-refractivity contribution < 1.29 is 23.0 Å². The number of anilines is 3. The molecule has 41 heavy (non-hydrogen) atoms. The van der Waals surface area contributed by atoms with Crippen LogP contribution in [0, 0.1) is 0 Å². The molecule has 1 aliphatic rings. The molecule has 2 aromatic carbocycles. The number of nitrogens with zero attached hydrogens (tertiary/aromatic N) is 5. The second kappa shape index (κ2) is 12.8. The minimum absolute atomic E-state index is 0.0432. The molecule has 0 radical (unpaired) electrons. The minimum atomic E-state index is -3.28. The Morgan fingerprint density at radius 3 is 2.46 bits per heavy atom. The van der Waals surface area contributed by atoms with Crippen LogP contribution in [0.1, 0.15) is 42.3 Å². The van der Waals surface area contributed by atoms with Crippen molar-refractivity contribution in [3.63, 3.8) is 0 Å². The first-order valence-corrected chi connectivity index (χ1v) is 13.6. The first-order valence-electron chi connectivity index (χ1n) is 13.6. The first kappa shape index (κ1) is 30.1. The second-order valence-corrected chi connectivity index (χ2v) is 10.7. The predicted octanol–water partition coefficient (Wildman–Crippen LogP) is 5.54. The zero-order valence-electron chi connectivity index (χ0n) is 24.4. The Balaban J connectivity index is 1.61. The molecule has 9 nitrogen and oxygen atoms in total. The molecule has 3 aromatic rings. The number of piperazine rings is 1. The van der Waals surface area contributed by atoms with Crippen molar-refractivity contribution >= 4 is 23.6 Å². The van der Waals surface area contributed by atoms with Gasteiger partial charge in [-0.3, -0.25) is 9.69 Å². The number of benzene rings is 2. The molecule has 0 bridgehead atoms. The normalized spacial score (nSPS) is 14.4. The highest BCUT2D eigenvalue weighted by atomic mass is 19.3. The van der Waals surface area contributed by atoms with E-state index in [4.69, 9.17) is 9.47 Å². The van der Waals surface area contributed by atoms with Crippen LogP contribution in [0.25, 0.3) is 0 Å². The van der Waals surface area contributed by atoms with E-state index in [-0.39, 0.29) is 23.1 Å². The maximum Gasteiger partial charge on any atom is 0.277 e. The van der Waals surface area contributed by atoms with Gasteiger partial charge in [-0.2, -0.15) is 4.98 Å². The molecule has 220 valence electrons. The van der Waals surface area contributed by atoms with Gasteiger partial charge in [0.15, 0.2) is 6.29 Å². The lowest BCUT2D eigenvalue weighted by molar-refractivity contribution is 0.0146. The fourth-order valence-corrected chi connectivity index (χ4v) is 4.80. The van der Waals surface area contributed by atoms with Gasteiger partial charge in [0, 0.05) is 63.6 Å². The van der Waals surface area contributed by atoms with Gasteiger partial charge >= 0.3 is 0 Å². The fourth-order valence-electron chi connectivity index (χ4n) is 4.80. The van der Waals surface area contributed by atoms with E-state index in [9.17, 15) is 13.6 Å². The van der Waals surface area contributed by atoms with Gasteiger partial charge in [-0.1, -0.05) is 12.1 Å². The smallest absolute Gasteiger partial charge is 0.277 e. The lowest BCUT2D eigenvalue weighted by atomic mass is 10.1. The summed E-state index contributed by atoms with van der Waals surface area (Å²) in [5.74, 6) is -2.89. The average molecular weight is 569 g/mol. The number of carbonyl (C=O) groups is 1. The van der Waals surface area contributed by atoms with Crippen LogP contribution in [0.4, 0.5) is 26.1 Å². The zero-order chi connectivity index (χ0) is 29.7. The Labute approximate surface area is 240 Å². The summed E-state index contributed by atoms with van der Waals surface area (Å²) in [5.41, 5.74) is 2.07. The van der Waals surface area contributed by atoms with Crippen LogP contribution >= 0.6 is 0 Å². The highest BCUT2D eigenvalue weighted by Crippen LogP contribution is 2.38. The third-order valence-electron chi connectivity index (χ3n) is 7.04. The predicted molar refractivity (Wildman–Crippen MR) is 156 cm³/mol. The van der Waals surface area contributed by atoms with Gasteiger partial charge in [-0.25, -0.2) is 13.8 Å². The first-order chi connectivity index (χ1) is 19.5. The van der Waals surface area contributed by atoms with Gasteiger partial charge in [-0.15, -0.1) is 0 Å². The van der Waals surface area contributed by atoms with Gasteiger partial charge in [-0.05, 0) is 51.7 Å². The molecule has 1 N–H and O–H groups in total. The fraction of sp³-hybridized carbons (Fsp3) is 0.433. The number of rotatable bonds is 11. The van der Waals surface area contributed by atoms with Crippen LogP contribution < -0.4 is 19.7 Å². The van der Waals surface area contributed by atoms with Gasteiger partial charge in [0.2, 0.25) is 11.8 Å². The third-order valence-corrected chi connectivity index (χ3v) is 7.04. The van der Waals surface area contributed by atoms with Crippen LogP contribution in [0.3, 0.4) is 0 Å². The van der Waals surface area contributed by atoms with E-state index < -0.39 is 11.5 Å². The van der Waals surface area contributed by atoms with E-state index in [1.54, 1.807) is 25.3 Å². The summed E-state index contributed by atoms with van der Waals surface area (Å²) in [6, 6.07) is 11.3. The summed E-state index contributed by atoms with van der Waals surface area (Å²) >= 11 is 0. The molecule has 4 rings (SSSR count). The Kier molecular flexibility index (Phi) is 9.39. The molecule has 1 saturated heterocycles. The van der Waals surface area contributed by atoms with Crippen LogP contribution in [-0.4, -0.2) is 79.5 Å². The molecule has 0 amide bonds. The van der Waals surface area contributed by atoms with Crippen LogP contribution in [0.5, 0.6) is 17.4 Å². The zero-order valence-corrected chi connectivity index (χ0v) is 24.4. The van der Waals surface area contributed by atoms with E-state index in [1.165, 1.54) is 0 Å². The Morgan fingerprint density at radius 1 is 1.12 bits per heavy atom. The van der Waals surface area contributed by atoms with Crippen molar-refractivity contribution in [3.05, 3.63) is 59.3 Å². The maximum absolute atomic E-state index is 14.5. The molecule has 2 heterocycles. The summed E-state index contributed by atoms with van der Waals surface area (Å²) < 4.78 is 40.6. The lowest BCUT2D eigenvalue weighted by Crippen LogP contribution is -2.48. The van der Waals surface area contributed by atoms with Crippen molar-refractivity contribution in [2.75, 3.05) is 57.6 Å². The van der Waals surface area contributed by atoms with Crippen LogP contribution in [0.15, 0.2) is 42.6 Å². The minimum Gasteiger partial charge on any atom is -0.494 e. The monoisotopic (exact) mass is 568 g/mol. The van der Waals surface area contributed by atoms with E-state index in [0.717, 1.165) is 45.0 Å². The summed E-state index contributed by atoms with van der Waals surface area (Å²) in [4.78, 5) is 27.0. The van der Waals surface area contributed by atoms with Gasteiger partial charge in [0.25, 0.3) is 5.92 Å². The lowest BCUT2D eigenvalue weighted by Gasteiger charge is -2.38.